The zero-order chi connectivity index (χ0) is 18.1. The highest BCUT2D eigenvalue weighted by Gasteiger charge is 2.41. The molecule has 2 aliphatic rings. The molecule has 1 saturated heterocycles. The summed E-state index contributed by atoms with van der Waals surface area (Å²) in [5, 5.41) is 8.71. The lowest BCUT2D eigenvalue weighted by Crippen LogP contribution is -2.55. The van der Waals surface area contributed by atoms with Crippen molar-refractivity contribution in [2.24, 2.45) is 11.8 Å². The zero-order valence-corrected chi connectivity index (χ0v) is 16.1. The number of piperidine rings is 1. The molecular formula is C18H22ClN5OS. The first-order chi connectivity index (χ1) is 12.6. The molecule has 3 heterocycles. The number of carbonyl (C=O) groups is 1. The molecule has 4 rings (SSSR count). The summed E-state index contributed by atoms with van der Waals surface area (Å²) in [6, 6.07) is 2.09. The largest absolute Gasteiger partial charge is 0.353 e. The molecule has 2 aromatic rings. The summed E-state index contributed by atoms with van der Waals surface area (Å²) in [5.74, 6) is 1.02. The molecule has 0 aromatic carbocycles. The number of aromatic nitrogens is 3. The maximum atomic E-state index is 12.6. The first kappa shape index (κ1) is 17.7. The maximum absolute atomic E-state index is 12.6. The molecule has 2 aromatic heterocycles. The van der Waals surface area contributed by atoms with Gasteiger partial charge in [-0.25, -0.2) is 14.3 Å². The fourth-order valence-corrected chi connectivity index (χ4v) is 4.92. The van der Waals surface area contributed by atoms with Gasteiger partial charge in [-0.1, -0.05) is 0 Å². The molecule has 2 fully saturated rings. The van der Waals surface area contributed by atoms with Crippen LogP contribution in [0.1, 0.15) is 32.6 Å². The molecule has 1 amide bonds. The van der Waals surface area contributed by atoms with E-state index >= 15 is 0 Å². The molecule has 1 aliphatic carbocycles. The maximum Gasteiger partial charge on any atom is 0.225 e. The second-order valence-corrected chi connectivity index (χ2v) is 8.51. The fourth-order valence-electron chi connectivity index (χ4n) is 4.04. The summed E-state index contributed by atoms with van der Waals surface area (Å²) in [4.78, 5) is 21.5. The number of alkyl halides is 1. The van der Waals surface area contributed by atoms with Crippen molar-refractivity contribution in [2.45, 2.75) is 50.1 Å². The minimum Gasteiger partial charge on any atom is -0.353 e. The van der Waals surface area contributed by atoms with Crippen molar-refractivity contribution in [3.8, 4) is 11.3 Å². The van der Waals surface area contributed by atoms with E-state index in [-0.39, 0.29) is 29.3 Å². The van der Waals surface area contributed by atoms with Crippen LogP contribution in [0.2, 0.25) is 0 Å². The highest BCUT2D eigenvalue weighted by atomic mass is 35.5. The number of carbonyl (C=O) groups excluding carboxylic acids is 1. The van der Waals surface area contributed by atoms with Crippen LogP contribution in [0.25, 0.3) is 11.3 Å². The number of fused-ring (bicyclic) bond motifs is 1. The lowest BCUT2D eigenvalue weighted by molar-refractivity contribution is -0.130. The van der Waals surface area contributed by atoms with Gasteiger partial charge in [0.2, 0.25) is 11.9 Å². The van der Waals surface area contributed by atoms with Crippen LogP contribution in [0.5, 0.6) is 0 Å². The first-order valence-electron chi connectivity index (χ1n) is 9.04. The number of anilines is 1. The minimum atomic E-state index is -0.103. The number of amides is 1. The number of hydrogen-bond acceptors (Lipinski definition) is 6. The van der Waals surface area contributed by atoms with Crippen molar-refractivity contribution in [3.63, 3.8) is 0 Å². The van der Waals surface area contributed by atoms with E-state index in [9.17, 15) is 4.79 Å². The molecular weight excluding hydrogens is 370 g/mol. The van der Waals surface area contributed by atoms with Gasteiger partial charge in [0.25, 0.3) is 0 Å². The fraction of sp³-hybridized carbons (Fsp3) is 0.556. The van der Waals surface area contributed by atoms with Crippen LogP contribution in [0.4, 0.5) is 5.95 Å². The summed E-state index contributed by atoms with van der Waals surface area (Å²) < 4.78 is 4.11. The van der Waals surface area contributed by atoms with Crippen molar-refractivity contribution in [3.05, 3.63) is 23.8 Å². The third-order valence-electron chi connectivity index (χ3n) is 5.48. The van der Waals surface area contributed by atoms with E-state index in [4.69, 9.17) is 11.6 Å². The Hall–Kier alpha value is -1.73. The van der Waals surface area contributed by atoms with Gasteiger partial charge >= 0.3 is 0 Å². The molecule has 1 aliphatic heterocycles. The molecule has 2 N–H and O–H groups in total. The lowest BCUT2D eigenvalue weighted by atomic mass is 9.74. The molecule has 1 saturated carbocycles. The number of halogens is 1. The average Bonchev–Trinajstić information content (AvgIpc) is 3.16. The van der Waals surface area contributed by atoms with Crippen LogP contribution in [0.15, 0.2) is 23.8 Å². The van der Waals surface area contributed by atoms with E-state index in [1.807, 2.05) is 18.4 Å². The lowest BCUT2D eigenvalue weighted by Gasteiger charge is -2.42. The van der Waals surface area contributed by atoms with Gasteiger partial charge in [-0.05, 0) is 56.1 Å². The molecule has 0 radical (unpaired) electrons. The highest BCUT2D eigenvalue weighted by Crippen LogP contribution is 2.36. The van der Waals surface area contributed by atoms with E-state index in [2.05, 4.69) is 25.0 Å². The van der Waals surface area contributed by atoms with Gasteiger partial charge in [0.15, 0.2) is 0 Å². The summed E-state index contributed by atoms with van der Waals surface area (Å²) in [5.41, 5.74) is 1.80. The molecule has 0 bridgehead atoms. The SMILES string of the molecule is C[C@H](Nc1nccc(-c2cnsc2)n1)C1CC2CC(Cl)CCC2NC1=O. The third-order valence-corrected chi connectivity index (χ3v) is 6.47. The second-order valence-electron chi connectivity index (χ2n) is 7.24. The summed E-state index contributed by atoms with van der Waals surface area (Å²) in [6.45, 7) is 2.02. The monoisotopic (exact) mass is 391 g/mol. The van der Waals surface area contributed by atoms with Gasteiger partial charge in [-0.3, -0.25) is 4.79 Å². The Labute approximate surface area is 161 Å². The smallest absolute Gasteiger partial charge is 0.225 e. The molecule has 26 heavy (non-hydrogen) atoms. The van der Waals surface area contributed by atoms with E-state index in [0.717, 1.165) is 36.9 Å². The average molecular weight is 392 g/mol. The Bertz CT molecular complexity index is 771. The standard InChI is InChI=1S/C18H22ClN5OS/c1-10(14-7-11-6-13(19)2-3-15(11)23-17(14)25)22-18-20-5-4-16(24-18)12-8-21-26-9-12/h4-5,8-11,13-15H,2-3,6-7H2,1H3,(H,23,25)(H,20,22,24)/t10-,11?,13?,14?,15?/m0/s1. The van der Waals surface area contributed by atoms with E-state index < -0.39 is 0 Å². The Morgan fingerprint density at radius 1 is 1.38 bits per heavy atom. The van der Waals surface area contributed by atoms with E-state index in [0.29, 0.717) is 11.9 Å². The molecule has 5 atom stereocenters. The van der Waals surface area contributed by atoms with Gasteiger partial charge in [-0.15, -0.1) is 11.6 Å². The quantitative estimate of drug-likeness (QED) is 0.781. The van der Waals surface area contributed by atoms with E-state index in [1.165, 1.54) is 11.5 Å². The molecule has 4 unspecified atom stereocenters. The van der Waals surface area contributed by atoms with Crippen molar-refractivity contribution >= 4 is 35.0 Å². The zero-order valence-electron chi connectivity index (χ0n) is 14.6. The molecule has 0 spiro atoms. The number of nitrogens with one attached hydrogen (secondary N) is 2. The van der Waals surface area contributed by atoms with Gasteiger partial charge in [-0.2, -0.15) is 0 Å². The van der Waals surface area contributed by atoms with Gasteiger partial charge in [0.05, 0.1) is 17.8 Å². The van der Waals surface area contributed by atoms with Gasteiger partial charge in [0, 0.05) is 34.6 Å². The second kappa shape index (κ2) is 7.48. The van der Waals surface area contributed by atoms with E-state index in [1.54, 1.807) is 12.4 Å². The number of hydrogen-bond donors (Lipinski definition) is 2. The summed E-state index contributed by atoms with van der Waals surface area (Å²) in [7, 11) is 0. The molecule has 6 nitrogen and oxygen atoms in total. The minimum absolute atomic E-state index is 0.0532. The Morgan fingerprint density at radius 3 is 3.08 bits per heavy atom. The molecule has 8 heteroatoms. The molecule has 138 valence electrons. The highest BCUT2D eigenvalue weighted by molar-refractivity contribution is 7.03. The van der Waals surface area contributed by atoms with Crippen LogP contribution >= 0.6 is 23.1 Å². The Kier molecular flexibility index (Phi) is 5.09. The van der Waals surface area contributed by atoms with Crippen molar-refractivity contribution in [1.82, 2.24) is 19.7 Å². The summed E-state index contributed by atoms with van der Waals surface area (Å²) in [6.07, 6.45) is 7.33. The normalized spacial score (nSPS) is 29.5. The van der Waals surface area contributed by atoms with Crippen LogP contribution in [0.3, 0.4) is 0 Å². The van der Waals surface area contributed by atoms with Crippen LogP contribution in [0, 0.1) is 11.8 Å². The van der Waals surface area contributed by atoms with Gasteiger partial charge < -0.3 is 10.6 Å². The van der Waals surface area contributed by atoms with Crippen molar-refractivity contribution in [1.29, 1.82) is 0 Å². The predicted octanol–water partition coefficient (Wildman–Crippen LogP) is 3.31. The van der Waals surface area contributed by atoms with Crippen LogP contribution in [-0.2, 0) is 4.79 Å². The topological polar surface area (TPSA) is 79.8 Å². The van der Waals surface area contributed by atoms with Crippen molar-refractivity contribution in [2.75, 3.05) is 5.32 Å². The first-order valence-corrected chi connectivity index (χ1v) is 10.3. The number of rotatable bonds is 4. The van der Waals surface area contributed by atoms with Crippen molar-refractivity contribution < 1.29 is 4.79 Å². The Morgan fingerprint density at radius 2 is 2.27 bits per heavy atom. The predicted molar refractivity (Wildman–Crippen MR) is 103 cm³/mol. The summed E-state index contributed by atoms with van der Waals surface area (Å²) >= 11 is 7.74. The van der Waals surface area contributed by atoms with Crippen LogP contribution in [-0.4, -0.2) is 37.7 Å². The van der Waals surface area contributed by atoms with Crippen LogP contribution < -0.4 is 10.6 Å². The Balaban J connectivity index is 1.45. The van der Waals surface area contributed by atoms with Gasteiger partial charge in [0.1, 0.15) is 0 Å². The third kappa shape index (κ3) is 3.69. The number of nitrogens with zero attached hydrogens (tertiary/aromatic N) is 3.